The van der Waals surface area contributed by atoms with Crippen molar-refractivity contribution in [1.29, 1.82) is 0 Å². The minimum Gasteiger partial charge on any atom is -0.504 e. The third kappa shape index (κ3) is 6.29. The van der Waals surface area contributed by atoms with Crippen molar-refractivity contribution in [2.24, 2.45) is 5.10 Å². The number of phenolic OH excluding ortho intramolecular Hbond substituents is 1. The van der Waals surface area contributed by atoms with Crippen LogP contribution in [-0.2, 0) is 4.79 Å². The Kier molecular flexibility index (Phi) is 9.47. The van der Waals surface area contributed by atoms with Gasteiger partial charge in [0, 0.05) is 16.8 Å². The molecule has 0 bridgehead atoms. The number of aromatic hydroxyl groups is 1. The maximum atomic E-state index is 12.6. The molecule has 0 aliphatic rings. The second kappa shape index (κ2) is 13.4. The molecule has 0 aliphatic heterocycles. The first-order valence-corrected chi connectivity index (χ1v) is 13.2. The molecule has 11 nitrogen and oxygen atoms in total. The third-order valence-electron chi connectivity index (χ3n) is 5.63. The molecule has 0 saturated carbocycles. The van der Waals surface area contributed by atoms with Crippen LogP contribution in [0.3, 0.4) is 0 Å². The number of carbonyl (C=O) groups excluding carboxylic acids is 1. The predicted octanol–water partition coefficient (Wildman–Crippen LogP) is 4.31. The molecule has 0 unspecified atom stereocenters. The predicted molar refractivity (Wildman–Crippen MR) is 152 cm³/mol. The number of benzene rings is 3. The van der Waals surface area contributed by atoms with E-state index in [1.54, 1.807) is 44.6 Å². The van der Waals surface area contributed by atoms with Crippen LogP contribution in [0, 0.1) is 0 Å². The fourth-order valence-electron chi connectivity index (χ4n) is 3.82. The largest absolute Gasteiger partial charge is 0.504 e. The summed E-state index contributed by atoms with van der Waals surface area (Å²) in [7, 11) is 4.63. The number of thioether (sulfide) groups is 1. The lowest BCUT2D eigenvalue weighted by Crippen LogP contribution is -2.20. The number of nitrogens with one attached hydrogen (secondary N) is 1. The van der Waals surface area contributed by atoms with Gasteiger partial charge in [0.2, 0.25) is 5.75 Å². The van der Waals surface area contributed by atoms with Crippen molar-refractivity contribution in [2.45, 2.75) is 12.1 Å². The van der Waals surface area contributed by atoms with E-state index in [2.05, 4.69) is 20.7 Å². The number of nitrogens with zero attached hydrogens (tertiary/aromatic N) is 4. The van der Waals surface area contributed by atoms with Crippen molar-refractivity contribution < 1.29 is 28.8 Å². The van der Waals surface area contributed by atoms with E-state index < -0.39 is 0 Å². The van der Waals surface area contributed by atoms with Crippen molar-refractivity contribution in [3.63, 3.8) is 0 Å². The van der Waals surface area contributed by atoms with Gasteiger partial charge in [-0.05, 0) is 43.3 Å². The molecule has 0 aliphatic carbocycles. The second-order valence-corrected chi connectivity index (χ2v) is 9.04. The summed E-state index contributed by atoms with van der Waals surface area (Å²) < 4.78 is 23.7. The molecule has 208 valence electrons. The molecule has 0 radical (unpaired) electrons. The Balaban J connectivity index is 1.56. The number of aromatic nitrogens is 3. The summed E-state index contributed by atoms with van der Waals surface area (Å²) >= 11 is 1.20. The van der Waals surface area contributed by atoms with Crippen LogP contribution in [-0.4, -0.2) is 65.7 Å². The molecule has 4 rings (SSSR count). The molecular formula is C28H29N5O6S. The van der Waals surface area contributed by atoms with Gasteiger partial charge in [-0.15, -0.1) is 10.2 Å². The van der Waals surface area contributed by atoms with Crippen molar-refractivity contribution in [3.8, 4) is 45.8 Å². The first kappa shape index (κ1) is 28.3. The quantitative estimate of drug-likeness (QED) is 0.147. The lowest BCUT2D eigenvalue weighted by molar-refractivity contribution is -0.118. The Hall–Kier alpha value is -4.71. The Bertz CT molecular complexity index is 1470. The van der Waals surface area contributed by atoms with E-state index in [1.807, 2.05) is 41.8 Å². The molecule has 0 saturated heterocycles. The van der Waals surface area contributed by atoms with E-state index in [4.69, 9.17) is 18.9 Å². The number of ether oxygens (including phenoxy) is 4. The summed E-state index contributed by atoms with van der Waals surface area (Å²) in [5.41, 5.74) is 4.38. The summed E-state index contributed by atoms with van der Waals surface area (Å²) in [4.78, 5) is 12.6. The summed E-state index contributed by atoms with van der Waals surface area (Å²) in [6.07, 6.45) is 1.36. The zero-order valence-corrected chi connectivity index (χ0v) is 23.3. The molecule has 4 aromatic rings. The average Bonchev–Trinajstić information content (AvgIpc) is 3.41. The number of methoxy groups -OCH3 is 3. The van der Waals surface area contributed by atoms with E-state index in [1.165, 1.54) is 25.1 Å². The number of carbonyl (C=O) groups is 1. The Morgan fingerprint density at radius 2 is 1.73 bits per heavy atom. The molecule has 1 amide bonds. The van der Waals surface area contributed by atoms with E-state index in [-0.39, 0.29) is 17.4 Å². The Labute approximate surface area is 235 Å². The van der Waals surface area contributed by atoms with Crippen molar-refractivity contribution in [1.82, 2.24) is 20.2 Å². The second-order valence-electron chi connectivity index (χ2n) is 8.10. The van der Waals surface area contributed by atoms with E-state index in [0.717, 1.165) is 5.69 Å². The minimum absolute atomic E-state index is 0.0164. The molecule has 2 N–H and O–H groups in total. The maximum absolute atomic E-state index is 12.6. The normalized spacial score (nSPS) is 10.9. The van der Waals surface area contributed by atoms with Gasteiger partial charge in [-0.1, -0.05) is 36.0 Å². The van der Waals surface area contributed by atoms with Crippen LogP contribution in [0.15, 0.2) is 70.9 Å². The molecule has 3 aromatic carbocycles. The monoisotopic (exact) mass is 563 g/mol. The Morgan fingerprint density at radius 1 is 1.00 bits per heavy atom. The van der Waals surface area contributed by atoms with Crippen LogP contribution >= 0.6 is 11.8 Å². The number of hydrazone groups is 1. The van der Waals surface area contributed by atoms with Crippen molar-refractivity contribution >= 4 is 23.9 Å². The van der Waals surface area contributed by atoms with Gasteiger partial charge in [0.25, 0.3) is 5.91 Å². The van der Waals surface area contributed by atoms with Crippen LogP contribution in [0.2, 0.25) is 0 Å². The highest BCUT2D eigenvalue weighted by Crippen LogP contribution is 2.41. The number of rotatable bonds is 12. The molecule has 0 spiro atoms. The number of hydrogen-bond donors (Lipinski definition) is 2. The first-order chi connectivity index (χ1) is 19.5. The van der Waals surface area contributed by atoms with E-state index in [9.17, 15) is 9.90 Å². The fourth-order valence-corrected chi connectivity index (χ4v) is 4.57. The van der Waals surface area contributed by atoms with Gasteiger partial charge < -0.3 is 24.1 Å². The van der Waals surface area contributed by atoms with E-state index in [0.29, 0.717) is 51.7 Å². The van der Waals surface area contributed by atoms with Gasteiger partial charge in [-0.3, -0.25) is 9.36 Å². The molecular weight excluding hydrogens is 534 g/mol. The highest BCUT2D eigenvalue weighted by molar-refractivity contribution is 7.99. The zero-order chi connectivity index (χ0) is 28.5. The molecule has 12 heteroatoms. The summed E-state index contributed by atoms with van der Waals surface area (Å²) in [5, 5.41) is 23.5. The van der Waals surface area contributed by atoms with Gasteiger partial charge in [0.15, 0.2) is 34.0 Å². The maximum Gasteiger partial charge on any atom is 0.250 e. The number of hydrogen-bond acceptors (Lipinski definition) is 10. The average molecular weight is 564 g/mol. The highest BCUT2D eigenvalue weighted by Gasteiger charge is 2.21. The molecule has 0 fully saturated rings. The van der Waals surface area contributed by atoms with Gasteiger partial charge in [-0.2, -0.15) is 5.10 Å². The van der Waals surface area contributed by atoms with Crippen LogP contribution in [0.1, 0.15) is 12.5 Å². The fraction of sp³-hybridized carbons (Fsp3) is 0.214. The lowest BCUT2D eigenvalue weighted by atomic mass is 10.1. The molecule has 40 heavy (non-hydrogen) atoms. The zero-order valence-electron chi connectivity index (χ0n) is 22.5. The van der Waals surface area contributed by atoms with Crippen LogP contribution in [0.25, 0.3) is 17.1 Å². The van der Waals surface area contributed by atoms with Crippen LogP contribution in [0.4, 0.5) is 0 Å². The topological polar surface area (TPSA) is 129 Å². The Morgan fingerprint density at radius 3 is 2.38 bits per heavy atom. The minimum atomic E-state index is -0.362. The highest BCUT2D eigenvalue weighted by atomic mass is 32.2. The summed E-state index contributed by atoms with van der Waals surface area (Å²) in [6, 6.07) is 18.2. The van der Waals surface area contributed by atoms with Crippen molar-refractivity contribution in [3.05, 3.63) is 66.2 Å². The van der Waals surface area contributed by atoms with Gasteiger partial charge in [0.05, 0.1) is 39.9 Å². The summed E-state index contributed by atoms with van der Waals surface area (Å²) in [6.45, 7) is 2.24. The number of amides is 1. The SMILES string of the molecule is CCOc1cccc(/C=N/NC(=O)CSc2nnc(-c3cc(OC)c(OC)c(OC)c3)n2-c2ccccc2)c1O. The molecule has 0 atom stereocenters. The molecule has 1 aromatic heterocycles. The standard InChI is InChI=1S/C28H29N5O6S/c1-5-39-21-13-9-10-18(25(21)35)16-29-30-24(34)17-40-28-32-31-27(33(28)20-11-7-6-8-12-20)19-14-22(36-2)26(38-4)23(15-19)37-3/h6-16,35H,5,17H2,1-4H3,(H,30,34)/b29-16+. The van der Waals surface area contributed by atoms with E-state index >= 15 is 0 Å². The number of phenols is 1. The van der Waals surface area contributed by atoms with Gasteiger partial charge >= 0.3 is 0 Å². The van der Waals surface area contributed by atoms with Crippen LogP contribution < -0.4 is 24.4 Å². The summed E-state index contributed by atoms with van der Waals surface area (Å²) in [5.74, 6) is 1.89. The first-order valence-electron chi connectivity index (χ1n) is 12.2. The lowest BCUT2D eigenvalue weighted by Gasteiger charge is -2.15. The number of para-hydroxylation sites is 2. The van der Waals surface area contributed by atoms with Crippen molar-refractivity contribution in [2.75, 3.05) is 33.7 Å². The molecule has 1 heterocycles. The smallest absolute Gasteiger partial charge is 0.250 e. The van der Waals surface area contributed by atoms with Crippen LogP contribution in [0.5, 0.6) is 28.7 Å². The van der Waals surface area contributed by atoms with Gasteiger partial charge in [0.1, 0.15) is 0 Å². The third-order valence-corrected chi connectivity index (χ3v) is 6.55. The van der Waals surface area contributed by atoms with Gasteiger partial charge in [-0.25, -0.2) is 5.43 Å².